The van der Waals surface area contributed by atoms with Crippen LogP contribution in [-0.4, -0.2) is 57.4 Å². The maximum absolute atomic E-state index is 11.9. The lowest BCUT2D eigenvalue weighted by Crippen LogP contribution is -2.53. The number of hydrogen-bond donors (Lipinski definition) is 0. The van der Waals surface area contributed by atoms with Crippen LogP contribution in [0.4, 0.5) is 4.79 Å². The molecule has 17 heavy (non-hydrogen) atoms. The highest BCUT2D eigenvalue weighted by Gasteiger charge is 2.39. The van der Waals surface area contributed by atoms with Gasteiger partial charge in [-0.1, -0.05) is 0 Å². The Morgan fingerprint density at radius 3 is 2.76 bits per heavy atom. The van der Waals surface area contributed by atoms with Crippen molar-refractivity contribution in [3.63, 3.8) is 0 Å². The standard InChI is InChI=1S/C10H18N2O4S/c1-10(2,3)16-9(13)11-4-5-12-8(6-11)7-15-17(12)14/h8H,4-7H2,1-3H3. The second-order valence-corrected chi connectivity index (χ2v) is 6.36. The van der Waals surface area contributed by atoms with Gasteiger partial charge in [-0.15, -0.1) is 0 Å². The van der Waals surface area contributed by atoms with Gasteiger partial charge in [-0.3, -0.25) is 4.18 Å². The fourth-order valence-electron chi connectivity index (χ4n) is 1.87. The molecular formula is C10H18N2O4S. The number of piperazine rings is 1. The number of carbonyl (C=O) groups excluding carboxylic acids is 1. The van der Waals surface area contributed by atoms with Gasteiger partial charge in [0.25, 0.3) is 0 Å². The maximum Gasteiger partial charge on any atom is 0.410 e. The van der Waals surface area contributed by atoms with Crippen molar-refractivity contribution in [1.29, 1.82) is 0 Å². The van der Waals surface area contributed by atoms with Crippen molar-refractivity contribution >= 4 is 17.4 Å². The first-order valence-electron chi connectivity index (χ1n) is 5.66. The van der Waals surface area contributed by atoms with Gasteiger partial charge in [0.15, 0.2) is 0 Å². The number of nitrogens with zero attached hydrogens (tertiary/aromatic N) is 2. The highest BCUT2D eigenvalue weighted by atomic mass is 32.2. The number of carbonyl (C=O) groups is 1. The molecule has 6 nitrogen and oxygen atoms in total. The van der Waals surface area contributed by atoms with Gasteiger partial charge in [-0.05, 0) is 20.8 Å². The minimum atomic E-state index is -1.33. The number of amides is 1. The average Bonchev–Trinajstić information content (AvgIpc) is 2.57. The van der Waals surface area contributed by atoms with Crippen LogP contribution in [-0.2, 0) is 20.2 Å². The highest BCUT2D eigenvalue weighted by Crippen LogP contribution is 2.21. The van der Waals surface area contributed by atoms with Crippen LogP contribution in [0.2, 0.25) is 0 Å². The molecule has 2 fully saturated rings. The molecule has 0 bridgehead atoms. The summed E-state index contributed by atoms with van der Waals surface area (Å²) >= 11 is -1.33. The molecule has 2 aliphatic heterocycles. The molecule has 0 aromatic heterocycles. The normalized spacial score (nSPS) is 30.2. The lowest BCUT2D eigenvalue weighted by molar-refractivity contribution is 0.0143. The summed E-state index contributed by atoms with van der Waals surface area (Å²) < 4.78 is 23.5. The van der Waals surface area contributed by atoms with Gasteiger partial charge in [-0.25, -0.2) is 9.00 Å². The van der Waals surface area contributed by atoms with Crippen LogP contribution in [0, 0.1) is 0 Å². The molecule has 0 spiro atoms. The van der Waals surface area contributed by atoms with Gasteiger partial charge in [0, 0.05) is 19.6 Å². The van der Waals surface area contributed by atoms with Gasteiger partial charge >= 0.3 is 6.09 Å². The van der Waals surface area contributed by atoms with Gasteiger partial charge in [-0.2, -0.15) is 4.31 Å². The number of ether oxygens (including phenoxy) is 1. The molecule has 2 rings (SSSR count). The van der Waals surface area contributed by atoms with Gasteiger partial charge in [0.1, 0.15) is 5.60 Å². The van der Waals surface area contributed by atoms with Crippen LogP contribution in [0.3, 0.4) is 0 Å². The molecule has 2 heterocycles. The quantitative estimate of drug-likeness (QED) is 0.638. The third-order valence-electron chi connectivity index (χ3n) is 2.63. The molecule has 0 saturated carbocycles. The topological polar surface area (TPSA) is 59.1 Å². The van der Waals surface area contributed by atoms with Crippen LogP contribution in [0.25, 0.3) is 0 Å². The average molecular weight is 262 g/mol. The second kappa shape index (κ2) is 4.55. The molecule has 0 aromatic carbocycles. The van der Waals surface area contributed by atoms with Crippen LogP contribution in [0.1, 0.15) is 20.8 Å². The van der Waals surface area contributed by atoms with E-state index in [0.717, 1.165) is 0 Å². The fourth-order valence-corrected chi connectivity index (χ4v) is 2.88. The molecule has 2 saturated heterocycles. The van der Waals surface area contributed by atoms with Crippen molar-refractivity contribution in [3.05, 3.63) is 0 Å². The summed E-state index contributed by atoms with van der Waals surface area (Å²) in [6.07, 6.45) is -0.310. The Kier molecular flexibility index (Phi) is 3.42. The smallest absolute Gasteiger partial charge is 0.410 e. The number of rotatable bonds is 0. The van der Waals surface area contributed by atoms with Crippen LogP contribution in [0.5, 0.6) is 0 Å². The lowest BCUT2D eigenvalue weighted by atomic mass is 10.2. The van der Waals surface area contributed by atoms with E-state index in [2.05, 4.69) is 0 Å². The van der Waals surface area contributed by atoms with E-state index in [1.54, 1.807) is 9.21 Å². The molecular weight excluding hydrogens is 244 g/mol. The van der Waals surface area contributed by atoms with E-state index in [-0.39, 0.29) is 12.1 Å². The molecule has 1 amide bonds. The van der Waals surface area contributed by atoms with Gasteiger partial charge in [0.2, 0.25) is 11.3 Å². The van der Waals surface area contributed by atoms with E-state index < -0.39 is 16.9 Å². The van der Waals surface area contributed by atoms with Crippen LogP contribution < -0.4 is 0 Å². The summed E-state index contributed by atoms with van der Waals surface area (Å²) in [6.45, 7) is 7.54. The van der Waals surface area contributed by atoms with E-state index in [1.165, 1.54) is 0 Å². The van der Waals surface area contributed by atoms with Crippen LogP contribution >= 0.6 is 0 Å². The highest BCUT2D eigenvalue weighted by molar-refractivity contribution is 7.78. The van der Waals surface area contributed by atoms with Gasteiger partial charge in [0.05, 0.1) is 12.6 Å². The Bertz CT molecular complexity index is 342. The SMILES string of the molecule is CC(C)(C)OC(=O)N1CCN2C(COS2=O)C1. The van der Waals surface area contributed by atoms with Crippen molar-refractivity contribution in [2.24, 2.45) is 0 Å². The minimum Gasteiger partial charge on any atom is -0.444 e. The molecule has 98 valence electrons. The largest absolute Gasteiger partial charge is 0.444 e. The first-order chi connectivity index (χ1) is 7.87. The summed E-state index contributed by atoms with van der Waals surface area (Å²) in [5.74, 6) is 0. The van der Waals surface area contributed by atoms with E-state index in [1.807, 2.05) is 20.8 Å². The van der Waals surface area contributed by atoms with Crippen molar-refractivity contribution < 1.29 is 17.9 Å². The Labute approximate surface area is 104 Å². The Morgan fingerprint density at radius 2 is 2.12 bits per heavy atom. The lowest BCUT2D eigenvalue weighted by Gasteiger charge is -2.35. The first-order valence-corrected chi connectivity index (χ1v) is 6.70. The van der Waals surface area contributed by atoms with Crippen molar-refractivity contribution in [2.45, 2.75) is 32.4 Å². The Hall–Kier alpha value is -0.660. The fraction of sp³-hybridized carbons (Fsp3) is 0.900. The summed E-state index contributed by atoms with van der Waals surface area (Å²) in [5.41, 5.74) is -0.483. The van der Waals surface area contributed by atoms with Crippen LogP contribution in [0.15, 0.2) is 0 Å². The first kappa shape index (κ1) is 12.8. The second-order valence-electron chi connectivity index (χ2n) is 5.22. The number of hydrogen-bond acceptors (Lipinski definition) is 4. The molecule has 0 aliphatic carbocycles. The summed E-state index contributed by atoms with van der Waals surface area (Å²) in [4.78, 5) is 13.5. The maximum atomic E-state index is 11.9. The molecule has 0 aromatic rings. The third kappa shape index (κ3) is 2.97. The summed E-state index contributed by atoms with van der Waals surface area (Å²) in [6, 6.07) is 0.0251. The zero-order valence-electron chi connectivity index (χ0n) is 10.3. The number of fused-ring (bicyclic) bond motifs is 1. The molecule has 0 N–H and O–H groups in total. The predicted octanol–water partition coefficient (Wildman–Crippen LogP) is 0.517. The zero-order valence-corrected chi connectivity index (χ0v) is 11.2. The molecule has 2 unspecified atom stereocenters. The van der Waals surface area contributed by atoms with E-state index in [0.29, 0.717) is 26.2 Å². The van der Waals surface area contributed by atoms with Crippen molar-refractivity contribution in [2.75, 3.05) is 26.2 Å². The summed E-state index contributed by atoms with van der Waals surface area (Å²) in [5, 5.41) is 0. The van der Waals surface area contributed by atoms with Crippen molar-refractivity contribution in [3.8, 4) is 0 Å². The Morgan fingerprint density at radius 1 is 1.41 bits per heavy atom. The van der Waals surface area contributed by atoms with E-state index >= 15 is 0 Å². The van der Waals surface area contributed by atoms with E-state index in [4.69, 9.17) is 8.92 Å². The van der Waals surface area contributed by atoms with E-state index in [9.17, 15) is 9.00 Å². The third-order valence-corrected chi connectivity index (χ3v) is 3.83. The molecule has 2 atom stereocenters. The van der Waals surface area contributed by atoms with Crippen molar-refractivity contribution in [1.82, 2.24) is 9.21 Å². The predicted molar refractivity (Wildman–Crippen MR) is 62.4 cm³/mol. The summed E-state index contributed by atoms with van der Waals surface area (Å²) in [7, 11) is 0. The molecule has 2 aliphatic rings. The zero-order chi connectivity index (χ0) is 12.6. The molecule has 0 radical (unpaired) electrons. The van der Waals surface area contributed by atoms with Gasteiger partial charge < -0.3 is 9.64 Å². The monoisotopic (exact) mass is 262 g/mol. The Balaban J connectivity index is 1.93. The minimum absolute atomic E-state index is 0.0251. The molecule has 7 heteroatoms.